The molecular weight excluding hydrogens is 249 g/mol. The molecule has 1 aromatic heterocycles. The molecule has 0 N–H and O–H groups in total. The second-order valence-corrected chi connectivity index (χ2v) is 7.79. The summed E-state index contributed by atoms with van der Waals surface area (Å²) in [5, 5.41) is 0. The Morgan fingerprint density at radius 3 is 2.15 bits per heavy atom. The lowest BCUT2D eigenvalue weighted by molar-refractivity contribution is -0.0307. The van der Waals surface area contributed by atoms with E-state index in [4.69, 9.17) is 14.3 Å². The first-order valence-electron chi connectivity index (χ1n) is 7.64. The molecule has 0 atom stereocenters. The molecule has 3 nitrogen and oxygen atoms in total. The highest BCUT2D eigenvalue weighted by molar-refractivity contribution is 6.61. The summed E-state index contributed by atoms with van der Waals surface area (Å²) in [6.45, 7) is 8.33. The minimum absolute atomic E-state index is 0.300. The van der Waals surface area contributed by atoms with Crippen LogP contribution in [0, 0.1) is 5.92 Å². The number of rotatable bonds is 2. The molecule has 1 aromatic rings. The van der Waals surface area contributed by atoms with E-state index in [0.29, 0.717) is 5.41 Å². The first kappa shape index (κ1) is 12.8. The van der Waals surface area contributed by atoms with Crippen LogP contribution >= 0.6 is 0 Å². The molecule has 0 aromatic carbocycles. The molecule has 3 saturated carbocycles. The highest BCUT2D eigenvalue weighted by Gasteiger charge is 2.58. The van der Waals surface area contributed by atoms with E-state index in [1.165, 1.54) is 25.0 Å². The Morgan fingerprint density at radius 2 is 1.65 bits per heavy atom. The van der Waals surface area contributed by atoms with Crippen LogP contribution in [0.2, 0.25) is 0 Å². The Morgan fingerprint density at radius 1 is 1.05 bits per heavy atom. The van der Waals surface area contributed by atoms with Gasteiger partial charge in [-0.3, -0.25) is 4.98 Å². The molecule has 2 heterocycles. The standard InChI is InChI=1S/C16H22BNO2/c1-14(2)15(3,4)20-17(19-14)13-7-5-6-12(18-13)16-8-11(9-16)10-16/h5-7,11H,8-10H2,1-4H3. The average Bonchev–Trinajstić information content (AvgIpc) is 2.44. The van der Waals surface area contributed by atoms with Gasteiger partial charge in [0.25, 0.3) is 0 Å². The molecule has 4 heteroatoms. The summed E-state index contributed by atoms with van der Waals surface area (Å²) >= 11 is 0. The number of nitrogens with zero attached hydrogens (tertiary/aromatic N) is 1. The normalized spacial score (nSPS) is 36.4. The summed E-state index contributed by atoms with van der Waals surface area (Å²) in [6.07, 6.45) is 3.98. The second-order valence-electron chi connectivity index (χ2n) is 7.79. The number of hydrogen-bond donors (Lipinski definition) is 0. The molecule has 3 aliphatic carbocycles. The van der Waals surface area contributed by atoms with Crippen molar-refractivity contribution in [2.24, 2.45) is 5.92 Å². The van der Waals surface area contributed by atoms with Gasteiger partial charge in [-0.25, -0.2) is 0 Å². The zero-order valence-electron chi connectivity index (χ0n) is 12.8. The van der Waals surface area contributed by atoms with Crippen LogP contribution in [0.4, 0.5) is 0 Å². The molecule has 5 rings (SSSR count). The van der Waals surface area contributed by atoms with Crippen LogP contribution in [0.5, 0.6) is 0 Å². The number of hydrogen-bond acceptors (Lipinski definition) is 3. The highest BCUT2D eigenvalue weighted by Crippen LogP contribution is 2.64. The molecule has 0 amide bonds. The summed E-state index contributed by atoms with van der Waals surface area (Å²) in [5.41, 5.74) is 1.96. The van der Waals surface area contributed by atoms with Gasteiger partial charge in [-0.05, 0) is 65.0 Å². The van der Waals surface area contributed by atoms with Gasteiger partial charge in [0.1, 0.15) is 0 Å². The zero-order valence-corrected chi connectivity index (χ0v) is 12.8. The van der Waals surface area contributed by atoms with Gasteiger partial charge >= 0.3 is 7.12 Å². The maximum Gasteiger partial charge on any atom is 0.514 e. The van der Waals surface area contributed by atoms with Crippen LogP contribution in [0.15, 0.2) is 18.2 Å². The molecule has 1 saturated heterocycles. The van der Waals surface area contributed by atoms with Crippen molar-refractivity contribution in [3.8, 4) is 0 Å². The molecule has 20 heavy (non-hydrogen) atoms. The van der Waals surface area contributed by atoms with Crippen molar-refractivity contribution in [3.63, 3.8) is 0 Å². The van der Waals surface area contributed by atoms with E-state index >= 15 is 0 Å². The molecule has 0 radical (unpaired) electrons. The van der Waals surface area contributed by atoms with E-state index in [-0.39, 0.29) is 18.3 Å². The number of aromatic nitrogens is 1. The van der Waals surface area contributed by atoms with Crippen LogP contribution in [0.1, 0.15) is 52.7 Å². The minimum atomic E-state index is -0.340. The van der Waals surface area contributed by atoms with Gasteiger partial charge in [0, 0.05) is 11.1 Å². The Balaban J connectivity index is 1.62. The van der Waals surface area contributed by atoms with Crippen LogP contribution in [0.3, 0.4) is 0 Å². The van der Waals surface area contributed by atoms with Crippen LogP contribution in [-0.4, -0.2) is 23.3 Å². The van der Waals surface area contributed by atoms with Crippen molar-refractivity contribution in [1.29, 1.82) is 0 Å². The average molecular weight is 271 g/mol. The molecule has 0 unspecified atom stereocenters. The molecule has 2 bridgehead atoms. The van der Waals surface area contributed by atoms with Crippen molar-refractivity contribution >= 4 is 12.7 Å². The Hall–Kier alpha value is -0.865. The van der Waals surface area contributed by atoms with E-state index in [0.717, 1.165) is 11.5 Å². The predicted octanol–water partition coefficient (Wildman–Crippen LogP) is 2.43. The quantitative estimate of drug-likeness (QED) is 0.774. The maximum atomic E-state index is 6.10. The first-order chi connectivity index (χ1) is 9.31. The largest absolute Gasteiger partial charge is 0.514 e. The zero-order chi connectivity index (χ0) is 14.2. The summed E-state index contributed by atoms with van der Waals surface area (Å²) in [4.78, 5) is 4.87. The number of pyridine rings is 1. The summed E-state index contributed by atoms with van der Waals surface area (Å²) in [7, 11) is -0.340. The summed E-state index contributed by atoms with van der Waals surface area (Å²) in [6, 6.07) is 6.30. The Kier molecular flexibility index (Phi) is 2.35. The SMILES string of the molecule is CC1(C)OB(c2cccc(C34CC(C3)C4)n2)OC1(C)C. The van der Waals surface area contributed by atoms with E-state index in [1.54, 1.807) is 0 Å². The topological polar surface area (TPSA) is 31.4 Å². The highest BCUT2D eigenvalue weighted by atomic mass is 16.7. The van der Waals surface area contributed by atoms with Gasteiger partial charge in [-0.2, -0.15) is 0 Å². The smallest absolute Gasteiger partial charge is 0.398 e. The Bertz CT molecular complexity index is 536. The fraction of sp³-hybridized carbons (Fsp3) is 0.688. The summed E-state index contributed by atoms with van der Waals surface area (Å²) < 4.78 is 12.2. The third-order valence-corrected chi connectivity index (χ3v) is 5.85. The van der Waals surface area contributed by atoms with E-state index in [1.807, 2.05) is 6.07 Å². The molecule has 0 spiro atoms. The lowest BCUT2D eigenvalue weighted by Crippen LogP contribution is -2.56. The third kappa shape index (κ3) is 1.58. The Labute approximate surface area is 121 Å². The van der Waals surface area contributed by atoms with E-state index < -0.39 is 0 Å². The van der Waals surface area contributed by atoms with Crippen molar-refractivity contribution in [2.45, 2.75) is 63.6 Å². The van der Waals surface area contributed by atoms with E-state index in [9.17, 15) is 0 Å². The van der Waals surface area contributed by atoms with E-state index in [2.05, 4.69) is 39.8 Å². The van der Waals surface area contributed by atoms with Crippen molar-refractivity contribution in [2.75, 3.05) is 0 Å². The molecular formula is C16H22BNO2. The minimum Gasteiger partial charge on any atom is -0.398 e. The third-order valence-electron chi connectivity index (χ3n) is 5.85. The van der Waals surface area contributed by atoms with Gasteiger partial charge < -0.3 is 9.31 Å². The molecule has 106 valence electrons. The van der Waals surface area contributed by atoms with Crippen molar-refractivity contribution in [1.82, 2.24) is 4.98 Å². The van der Waals surface area contributed by atoms with Crippen LogP contribution < -0.4 is 5.59 Å². The van der Waals surface area contributed by atoms with Crippen molar-refractivity contribution in [3.05, 3.63) is 23.9 Å². The van der Waals surface area contributed by atoms with Gasteiger partial charge in [0.05, 0.1) is 16.8 Å². The lowest BCUT2D eigenvalue weighted by atomic mass is 9.43. The van der Waals surface area contributed by atoms with Gasteiger partial charge in [0.2, 0.25) is 0 Å². The van der Waals surface area contributed by atoms with Crippen LogP contribution in [-0.2, 0) is 14.7 Å². The van der Waals surface area contributed by atoms with Gasteiger partial charge in [-0.15, -0.1) is 0 Å². The fourth-order valence-corrected chi connectivity index (χ4v) is 3.63. The van der Waals surface area contributed by atoms with Gasteiger partial charge in [-0.1, -0.05) is 6.07 Å². The fourth-order valence-electron chi connectivity index (χ4n) is 3.63. The maximum absolute atomic E-state index is 6.10. The molecule has 1 aliphatic heterocycles. The molecule has 4 aliphatic rings. The van der Waals surface area contributed by atoms with Gasteiger partial charge in [0.15, 0.2) is 0 Å². The van der Waals surface area contributed by atoms with Crippen LogP contribution in [0.25, 0.3) is 0 Å². The summed E-state index contributed by atoms with van der Waals surface area (Å²) in [5.74, 6) is 0.970. The second kappa shape index (κ2) is 3.66. The lowest BCUT2D eigenvalue weighted by Gasteiger charge is -2.61. The molecule has 4 fully saturated rings. The monoisotopic (exact) mass is 271 g/mol. The predicted molar refractivity (Wildman–Crippen MR) is 79.0 cm³/mol. The van der Waals surface area contributed by atoms with Crippen molar-refractivity contribution < 1.29 is 9.31 Å². The first-order valence-corrected chi connectivity index (χ1v) is 7.64.